The van der Waals surface area contributed by atoms with Crippen LogP contribution in [0.4, 0.5) is 0 Å². The number of nitrogens with zero attached hydrogens (tertiary/aromatic N) is 4. The summed E-state index contributed by atoms with van der Waals surface area (Å²) in [5.74, 6) is 0.496. The van der Waals surface area contributed by atoms with E-state index in [0.29, 0.717) is 50.4 Å². The summed E-state index contributed by atoms with van der Waals surface area (Å²) in [7, 11) is -2.91. The number of benzene rings is 2. The van der Waals surface area contributed by atoms with Crippen molar-refractivity contribution in [2.75, 3.05) is 37.7 Å². The minimum Gasteiger partial charge on any atom is -0.336 e. The van der Waals surface area contributed by atoms with Crippen molar-refractivity contribution in [1.29, 1.82) is 0 Å². The Labute approximate surface area is 194 Å². The molecule has 1 amide bonds. The summed E-state index contributed by atoms with van der Waals surface area (Å²) < 4.78 is 25.5. The van der Waals surface area contributed by atoms with Gasteiger partial charge in [0.2, 0.25) is 0 Å². The van der Waals surface area contributed by atoms with E-state index in [2.05, 4.69) is 4.90 Å². The molecule has 0 unspecified atom stereocenters. The van der Waals surface area contributed by atoms with Crippen molar-refractivity contribution in [3.05, 3.63) is 78.0 Å². The maximum absolute atomic E-state index is 13.5. The molecule has 0 bridgehead atoms. The van der Waals surface area contributed by atoms with Crippen molar-refractivity contribution in [2.45, 2.75) is 19.0 Å². The second kappa shape index (κ2) is 9.11. The number of hydrogen-bond donors (Lipinski definition) is 0. The lowest BCUT2D eigenvalue weighted by molar-refractivity contribution is 0.0588. The Morgan fingerprint density at radius 3 is 2.24 bits per heavy atom. The Morgan fingerprint density at radius 1 is 0.939 bits per heavy atom. The van der Waals surface area contributed by atoms with Gasteiger partial charge in [0.25, 0.3) is 5.91 Å². The van der Waals surface area contributed by atoms with Crippen LogP contribution in [0.3, 0.4) is 0 Å². The summed E-state index contributed by atoms with van der Waals surface area (Å²) in [4.78, 5) is 17.6. The Hall–Kier alpha value is -2.97. The van der Waals surface area contributed by atoms with E-state index in [9.17, 15) is 13.2 Å². The first kappa shape index (κ1) is 21.9. The Kier molecular flexibility index (Phi) is 6.03. The molecule has 8 heteroatoms. The van der Waals surface area contributed by atoms with Gasteiger partial charge in [-0.2, -0.15) is 5.10 Å². The SMILES string of the molecule is O=C(c1cn(Cc2ccccc2)nc1-c1ccccc1)N1CCN([C@@H]2CCS(=O)(=O)C2)CC1. The van der Waals surface area contributed by atoms with Crippen LogP contribution in [0.25, 0.3) is 11.3 Å². The zero-order valence-electron chi connectivity index (χ0n) is 18.5. The van der Waals surface area contributed by atoms with Gasteiger partial charge >= 0.3 is 0 Å². The molecular formula is C25H28N4O3S. The first-order chi connectivity index (χ1) is 16.0. The average Bonchev–Trinajstić information content (AvgIpc) is 3.43. The van der Waals surface area contributed by atoms with Gasteiger partial charge in [0.05, 0.1) is 23.6 Å². The van der Waals surface area contributed by atoms with Crippen LogP contribution < -0.4 is 0 Å². The maximum atomic E-state index is 13.5. The van der Waals surface area contributed by atoms with E-state index in [4.69, 9.17) is 5.10 Å². The molecule has 3 aromatic rings. The largest absolute Gasteiger partial charge is 0.336 e. The van der Waals surface area contributed by atoms with Crippen LogP contribution in [-0.2, 0) is 16.4 Å². The topological polar surface area (TPSA) is 75.5 Å². The number of rotatable bonds is 5. The fourth-order valence-corrected chi connectivity index (χ4v) is 6.52. The lowest BCUT2D eigenvalue weighted by atomic mass is 10.1. The summed E-state index contributed by atoms with van der Waals surface area (Å²) >= 11 is 0. The van der Waals surface area contributed by atoms with E-state index in [1.54, 1.807) is 0 Å². The third kappa shape index (κ3) is 4.86. The van der Waals surface area contributed by atoms with Gasteiger partial charge in [0, 0.05) is 44.0 Å². The number of amides is 1. The van der Waals surface area contributed by atoms with Crippen LogP contribution >= 0.6 is 0 Å². The van der Waals surface area contributed by atoms with Crippen molar-refractivity contribution in [1.82, 2.24) is 19.6 Å². The molecule has 1 atom stereocenters. The molecule has 172 valence electrons. The number of hydrogen-bond acceptors (Lipinski definition) is 5. The highest BCUT2D eigenvalue weighted by Crippen LogP contribution is 2.25. The molecule has 2 fully saturated rings. The highest BCUT2D eigenvalue weighted by atomic mass is 32.2. The van der Waals surface area contributed by atoms with E-state index in [1.807, 2.05) is 76.4 Å². The number of aromatic nitrogens is 2. The zero-order valence-corrected chi connectivity index (χ0v) is 19.3. The molecule has 3 heterocycles. The van der Waals surface area contributed by atoms with Crippen LogP contribution in [0.5, 0.6) is 0 Å². The zero-order chi connectivity index (χ0) is 22.8. The molecule has 0 radical (unpaired) electrons. The highest BCUT2D eigenvalue weighted by Gasteiger charge is 2.35. The van der Waals surface area contributed by atoms with Crippen molar-refractivity contribution in [3.8, 4) is 11.3 Å². The lowest BCUT2D eigenvalue weighted by Gasteiger charge is -2.37. The third-order valence-electron chi connectivity index (χ3n) is 6.55. The van der Waals surface area contributed by atoms with Gasteiger partial charge in [-0.05, 0) is 12.0 Å². The van der Waals surface area contributed by atoms with E-state index < -0.39 is 9.84 Å². The van der Waals surface area contributed by atoms with Crippen molar-refractivity contribution < 1.29 is 13.2 Å². The van der Waals surface area contributed by atoms with E-state index in [1.165, 1.54) is 0 Å². The normalized spacial score (nSPS) is 20.7. The van der Waals surface area contributed by atoms with Crippen molar-refractivity contribution >= 4 is 15.7 Å². The molecule has 0 saturated carbocycles. The summed E-state index contributed by atoms with van der Waals surface area (Å²) in [5.41, 5.74) is 3.34. The molecule has 2 saturated heterocycles. The molecule has 2 aliphatic heterocycles. The fourth-order valence-electron chi connectivity index (χ4n) is 4.76. The first-order valence-corrected chi connectivity index (χ1v) is 13.2. The van der Waals surface area contributed by atoms with Crippen LogP contribution in [-0.4, -0.2) is 77.6 Å². The number of sulfone groups is 1. The summed E-state index contributed by atoms with van der Waals surface area (Å²) in [5, 5.41) is 4.78. The van der Waals surface area contributed by atoms with Gasteiger partial charge in [0.15, 0.2) is 9.84 Å². The molecule has 2 aromatic carbocycles. The summed E-state index contributed by atoms with van der Waals surface area (Å²) in [6, 6.07) is 20.0. The second-order valence-electron chi connectivity index (χ2n) is 8.83. The van der Waals surface area contributed by atoms with Crippen LogP contribution in [0.15, 0.2) is 66.9 Å². The number of carbonyl (C=O) groups is 1. The van der Waals surface area contributed by atoms with Crippen LogP contribution in [0.2, 0.25) is 0 Å². The number of carbonyl (C=O) groups excluding carboxylic acids is 1. The van der Waals surface area contributed by atoms with E-state index in [0.717, 1.165) is 11.1 Å². The third-order valence-corrected chi connectivity index (χ3v) is 8.30. The van der Waals surface area contributed by atoms with Gasteiger partial charge in [-0.25, -0.2) is 8.42 Å². The quantitative estimate of drug-likeness (QED) is 0.580. The highest BCUT2D eigenvalue weighted by molar-refractivity contribution is 7.91. The standard InChI is InChI=1S/C25H28N4O3S/c30-25(28-14-12-27(13-15-28)22-11-16-33(31,32)19-22)23-18-29(17-20-7-3-1-4-8-20)26-24(23)21-9-5-2-6-10-21/h1-10,18,22H,11-17,19H2/t22-/m1/s1. The number of piperazine rings is 1. The minimum absolute atomic E-state index is 0.0214. The van der Waals surface area contributed by atoms with Gasteiger partial charge in [-0.3, -0.25) is 14.4 Å². The molecule has 5 rings (SSSR count). The second-order valence-corrected chi connectivity index (χ2v) is 11.1. The van der Waals surface area contributed by atoms with Crippen molar-refractivity contribution in [3.63, 3.8) is 0 Å². The molecule has 0 aliphatic carbocycles. The molecular weight excluding hydrogens is 436 g/mol. The minimum atomic E-state index is -2.91. The Bertz CT molecular complexity index is 1220. The average molecular weight is 465 g/mol. The maximum Gasteiger partial charge on any atom is 0.257 e. The van der Waals surface area contributed by atoms with E-state index in [-0.39, 0.29) is 23.5 Å². The molecule has 2 aliphatic rings. The predicted molar refractivity (Wildman–Crippen MR) is 128 cm³/mol. The Balaban J connectivity index is 1.35. The predicted octanol–water partition coefficient (Wildman–Crippen LogP) is 2.54. The van der Waals surface area contributed by atoms with E-state index >= 15 is 0 Å². The monoisotopic (exact) mass is 464 g/mol. The molecule has 33 heavy (non-hydrogen) atoms. The van der Waals surface area contributed by atoms with Crippen LogP contribution in [0.1, 0.15) is 22.3 Å². The van der Waals surface area contributed by atoms with Crippen molar-refractivity contribution in [2.24, 2.45) is 0 Å². The van der Waals surface area contributed by atoms with Gasteiger partial charge in [-0.15, -0.1) is 0 Å². The Morgan fingerprint density at radius 2 is 1.61 bits per heavy atom. The van der Waals surface area contributed by atoms with Gasteiger partial charge in [-0.1, -0.05) is 60.7 Å². The first-order valence-electron chi connectivity index (χ1n) is 11.4. The summed E-state index contributed by atoms with van der Waals surface area (Å²) in [6.07, 6.45) is 2.55. The van der Waals surface area contributed by atoms with Crippen LogP contribution in [0, 0.1) is 0 Å². The molecule has 0 N–H and O–H groups in total. The lowest BCUT2D eigenvalue weighted by Crippen LogP contribution is -2.52. The summed E-state index contributed by atoms with van der Waals surface area (Å²) in [6.45, 7) is 3.17. The fraction of sp³-hybridized carbons (Fsp3) is 0.360. The molecule has 0 spiro atoms. The van der Waals surface area contributed by atoms with Gasteiger partial charge in [0.1, 0.15) is 5.69 Å². The van der Waals surface area contributed by atoms with Gasteiger partial charge < -0.3 is 4.90 Å². The molecule has 1 aromatic heterocycles. The molecule has 7 nitrogen and oxygen atoms in total. The smallest absolute Gasteiger partial charge is 0.257 e.